The van der Waals surface area contributed by atoms with Crippen LogP contribution < -0.4 is 10.6 Å². The van der Waals surface area contributed by atoms with E-state index in [2.05, 4.69) is 65.9 Å². The SMILES string of the molecule is CC(C)(C)CC1CC(N)CN(c2ccccc2Br)C1. The van der Waals surface area contributed by atoms with Gasteiger partial charge in [-0.15, -0.1) is 0 Å². The third-order valence-corrected chi connectivity index (χ3v) is 4.33. The van der Waals surface area contributed by atoms with Crippen LogP contribution in [0.15, 0.2) is 28.7 Å². The number of hydrogen-bond donors (Lipinski definition) is 1. The second-order valence-electron chi connectivity index (χ2n) is 6.98. The summed E-state index contributed by atoms with van der Waals surface area (Å²) in [6, 6.07) is 8.72. The van der Waals surface area contributed by atoms with Crippen molar-refractivity contribution in [2.75, 3.05) is 18.0 Å². The van der Waals surface area contributed by atoms with Gasteiger partial charge in [0.25, 0.3) is 0 Å². The highest BCUT2D eigenvalue weighted by Crippen LogP contribution is 2.34. The van der Waals surface area contributed by atoms with E-state index in [4.69, 9.17) is 5.73 Å². The Balaban J connectivity index is 2.12. The van der Waals surface area contributed by atoms with Gasteiger partial charge in [0.2, 0.25) is 0 Å². The van der Waals surface area contributed by atoms with Gasteiger partial charge in [0.05, 0.1) is 5.69 Å². The van der Waals surface area contributed by atoms with E-state index in [1.165, 1.54) is 16.6 Å². The fourth-order valence-corrected chi connectivity index (χ4v) is 3.70. The molecule has 19 heavy (non-hydrogen) atoms. The van der Waals surface area contributed by atoms with Gasteiger partial charge in [-0.1, -0.05) is 32.9 Å². The topological polar surface area (TPSA) is 29.3 Å². The highest BCUT2D eigenvalue weighted by atomic mass is 79.9. The molecule has 0 aromatic heterocycles. The van der Waals surface area contributed by atoms with Gasteiger partial charge in [-0.05, 0) is 52.2 Å². The first-order chi connectivity index (χ1) is 8.85. The van der Waals surface area contributed by atoms with Crippen LogP contribution in [0.3, 0.4) is 0 Å². The number of anilines is 1. The number of nitrogens with two attached hydrogens (primary N) is 1. The van der Waals surface area contributed by atoms with Crippen LogP contribution in [0.25, 0.3) is 0 Å². The molecule has 3 heteroatoms. The number of nitrogens with zero attached hydrogens (tertiary/aromatic N) is 1. The summed E-state index contributed by atoms with van der Waals surface area (Å²) in [5, 5.41) is 0. The Labute approximate surface area is 125 Å². The summed E-state index contributed by atoms with van der Waals surface area (Å²) in [6.45, 7) is 9.03. The average molecular weight is 325 g/mol. The van der Waals surface area contributed by atoms with Gasteiger partial charge < -0.3 is 10.6 Å². The number of piperidine rings is 1. The highest BCUT2D eigenvalue weighted by Gasteiger charge is 2.29. The molecular formula is C16H25BrN2. The average Bonchev–Trinajstić information content (AvgIpc) is 2.26. The van der Waals surface area contributed by atoms with Crippen molar-refractivity contribution in [2.24, 2.45) is 17.1 Å². The Bertz CT molecular complexity index is 425. The maximum absolute atomic E-state index is 6.26. The molecule has 0 amide bonds. The first kappa shape index (κ1) is 14.9. The van der Waals surface area contributed by atoms with Gasteiger partial charge >= 0.3 is 0 Å². The van der Waals surface area contributed by atoms with E-state index in [1.807, 2.05) is 0 Å². The molecule has 0 bridgehead atoms. The van der Waals surface area contributed by atoms with Crippen LogP contribution in [-0.2, 0) is 0 Å². The van der Waals surface area contributed by atoms with Gasteiger partial charge in [-0.2, -0.15) is 0 Å². The van der Waals surface area contributed by atoms with Crippen molar-refractivity contribution in [1.29, 1.82) is 0 Å². The van der Waals surface area contributed by atoms with Gasteiger partial charge in [0.15, 0.2) is 0 Å². The number of halogens is 1. The summed E-state index contributed by atoms with van der Waals surface area (Å²) < 4.78 is 1.17. The van der Waals surface area contributed by atoms with Crippen LogP contribution in [0.1, 0.15) is 33.6 Å². The minimum atomic E-state index is 0.285. The lowest BCUT2D eigenvalue weighted by Crippen LogP contribution is -2.48. The van der Waals surface area contributed by atoms with E-state index in [9.17, 15) is 0 Å². The van der Waals surface area contributed by atoms with Gasteiger partial charge in [-0.3, -0.25) is 0 Å². The molecule has 106 valence electrons. The van der Waals surface area contributed by atoms with E-state index in [0.717, 1.165) is 19.5 Å². The zero-order valence-corrected chi connectivity index (χ0v) is 13.8. The van der Waals surface area contributed by atoms with Gasteiger partial charge in [0.1, 0.15) is 0 Å². The molecule has 2 atom stereocenters. The molecule has 2 rings (SSSR count). The molecular weight excluding hydrogens is 300 g/mol. The van der Waals surface area contributed by atoms with Crippen molar-refractivity contribution in [3.8, 4) is 0 Å². The molecule has 0 saturated carbocycles. The fourth-order valence-electron chi connectivity index (χ4n) is 3.17. The van der Waals surface area contributed by atoms with Gasteiger partial charge in [-0.25, -0.2) is 0 Å². The van der Waals surface area contributed by atoms with Crippen molar-refractivity contribution in [2.45, 2.75) is 39.7 Å². The molecule has 2 nitrogen and oxygen atoms in total. The summed E-state index contributed by atoms with van der Waals surface area (Å²) in [4.78, 5) is 2.44. The monoisotopic (exact) mass is 324 g/mol. The number of rotatable bonds is 2. The van der Waals surface area contributed by atoms with Crippen LogP contribution in [0, 0.1) is 11.3 Å². The minimum absolute atomic E-state index is 0.285. The summed E-state index contributed by atoms with van der Waals surface area (Å²) in [6.07, 6.45) is 2.39. The summed E-state index contributed by atoms with van der Waals surface area (Å²) >= 11 is 3.65. The normalized spacial score (nSPS) is 24.6. The highest BCUT2D eigenvalue weighted by molar-refractivity contribution is 9.10. The second kappa shape index (κ2) is 5.84. The Morgan fingerprint density at radius 2 is 1.95 bits per heavy atom. The van der Waals surface area contributed by atoms with E-state index in [0.29, 0.717) is 11.3 Å². The quantitative estimate of drug-likeness (QED) is 0.889. The molecule has 1 aliphatic rings. The Morgan fingerprint density at radius 3 is 2.58 bits per heavy atom. The zero-order valence-electron chi connectivity index (χ0n) is 12.2. The molecule has 1 aromatic rings. The van der Waals surface area contributed by atoms with Crippen LogP contribution in [0.2, 0.25) is 0 Å². The Kier molecular flexibility index (Phi) is 4.57. The second-order valence-corrected chi connectivity index (χ2v) is 7.84. The molecule has 2 unspecified atom stereocenters. The molecule has 1 heterocycles. The number of benzene rings is 1. The third-order valence-electron chi connectivity index (χ3n) is 3.66. The predicted molar refractivity (Wildman–Crippen MR) is 86.5 cm³/mol. The first-order valence-electron chi connectivity index (χ1n) is 7.10. The Hall–Kier alpha value is -0.540. The third kappa shape index (κ3) is 4.22. The van der Waals surface area contributed by atoms with E-state index in [1.54, 1.807) is 0 Å². The summed E-state index contributed by atoms with van der Waals surface area (Å²) in [5.41, 5.74) is 7.92. The van der Waals surface area contributed by atoms with Crippen molar-refractivity contribution in [1.82, 2.24) is 0 Å². The van der Waals surface area contributed by atoms with Crippen molar-refractivity contribution < 1.29 is 0 Å². The standard InChI is InChI=1S/C16H25BrN2/c1-16(2,3)9-12-8-13(18)11-19(10-12)15-7-5-4-6-14(15)17/h4-7,12-13H,8-11,18H2,1-3H3. The van der Waals surface area contributed by atoms with E-state index < -0.39 is 0 Å². The van der Waals surface area contributed by atoms with E-state index >= 15 is 0 Å². The summed E-state index contributed by atoms with van der Waals surface area (Å²) in [5.74, 6) is 0.691. The lowest BCUT2D eigenvalue weighted by atomic mass is 9.80. The van der Waals surface area contributed by atoms with Gasteiger partial charge in [0, 0.05) is 23.6 Å². The number of hydrogen-bond acceptors (Lipinski definition) is 2. The molecule has 0 spiro atoms. The number of para-hydroxylation sites is 1. The van der Waals surface area contributed by atoms with Crippen molar-refractivity contribution >= 4 is 21.6 Å². The molecule has 0 aliphatic carbocycles. The van der Waals surface area contributed by atoms with Crippen molar-refractivity contribution in [3.05, 3.63) is 28.7 Å². The molecule has 0 radical (unpaired) electrons. The fraction of sp³-hybridized carbons (Fsp3) is 0.625. The predicted octanol–water partition coefficient (Wildman–Crippen LogP) is 4.04. The summed E-state index contributed by atoms with van der Waals surface area (Å²) in [7, 11) is 0. The van der Waals surface area contributed by atoms with Crippen LogP contribution in [0.4, 0.5) is 5.69 Å². The lowest BCUT2D eigenvalue weighted by molar-refractivity contribution is 0.253. The maximum Gasteiger partial charge on any atom is 0.0511 e. The van der Waals surface area contributed by atoms with E-state index in [-0.39, 0.29) is 6.04 Å². The molecule has 1 fully saturated rings. The minimum Gasteiger partial charge on any atom is -0.369 e. The maximum atomic E-state index is 6.26. The molecule has 1 aliphatic heterocycles. The molecule has 1 saturated heterocycles. The van der Waals surface area contributed by atoms with Crippen LogP contribution in [-0.4, -0.2) is 19.1 Å². The smallest absolute Gasteiger partial charge is 0.0511 e. The largest absolute Gasteiger partial charge is 0.369 e. The van der Waals surface area contributed by atoms with Crippen molar-refractivity contribution in [3.63, 3.8) is 0 Å². The first-order valence-corrected chi connectivity index (χ1v) is 7.89. The Morgan fingerprint density at radius 1 is 1.26 bits per heavy atom. The molecule has 2 N–H and O–H groups in total. The van der Waals surface area contributed by atoms with Crippen LogP contribution >= 0.6 is 15.9 Å². The van der Waals surface area contributed by atoms with Crippen LogP contribution in [0.5, 0.6) is 0 Å². The lowest BCUT2D eigenvalue weighted by Gasteiger charge is -2.40. The molecule has 1 aromatic carbocycles. The zero-order chi connectivity index (χ0) is 14.0.